The Kier molecular flexibility index (Phi) is 4.64. The normalized spacial score (nSPS) is 10.1. The summed E-state index contributed by atoms with van der Waals surface area (Å²) in [5.41, 5.74) is 0.863. The van der Waals surface area contributed by atoms with E-state index in [-0.39, 0.29) is 17.5 Å². The lowest BCUT2D eigenvalue weighted by atomic mass is 10.1. The minimum absolute atomic E-state index is 0.0583. The van der Waals surface area contributed by atoms with Gasteiger partial charge in [0, 0.05) is 12.5 Å². The van der Waals surface area contributed by atoms with E-state index in [1.54, 1.807) is 12.1 Å². The summed E-state index contributed by atoms with van der Waals surface area (Å²) < 4.78 is 4.52. The van der Waals surface area contributed by atoms with E-state index in [9.17, 15) is 15.0 Å². The third-order valence-electron chi connectivity index (χ3n) is 2.29. The second kappa shape index (κ2) is 6.00. The number of hydrogen-bond acceptors (Lipinski definition) is 4. The molecule has 0 amide bonds. The Morgan fingerprint density at radius 2 is 1.81 bits per heavy atom. The number of unbranched alkanes of at least 4 members (excludes halogenated alkanes) is 1. The number of esters is 1. The van der Waals surface area contributed by atoms with Gasteiger partial charge in [-0.3, -0.25) is 4.79 Å². The van der Waals surface area contributed by atoms with Crippen LogP contribution in [-0.4, -0.2) is 23.3 Å². The Bertz CT molecular complexity index is 340. The number of carbonyl (C=O) groups excluding carboxylic acids is 1. The van der Waals surface area contributed by atoms with Crippen LogP contribution in [0.2, 0.25) is 0 Å². The van der Waals surface area contributed by atoms with Crippen molar-refractivity contribution in [3.8, 4) is 11.5 Å². The van der Waals surface area contributed by atoms with E-state index in [2.05, 4.69) is 4.74 Å². The van der Waals surface area contributed by atoms with E-state index in [0.29, 0.717) is 6.42 Å². The average Bonchev–Trinajstić information content (AvgIpc) is 2.22. The third kappa shape index (κ3) is 4.21. The SMILES string of the molecule is [13CH3]OC(=O)CCCCc1cc(O)cc(O)c1. The van der Waals surface area contributed by atoms with Crippen molar-refractivity contribution in [2.75, 3.05) is 7.11 Å². The van der Waals surface area contributed by atoms with Gasteiger partial charge in [0.05, 0.1) is 7.11 Å². The zero-order valence-corrected chi connectivity index (χ0v) is 9.27. The molecule has 4 heteroatoms. The number of ether oxygens (including phenoxy) is 1. The van der Waals surface area contributed by atoms with Gasteiger partial charge in [0.2, 0.25) is 0 Å². The number of benzene rings is 1. The molecule has 4 nitrogen and oxygen atoms in total. The van der Waals surface area contributed by atoms with Crippen molar-refractivity contribution in [2.45, 2.75) is 25.7 Å². The molecule has 0 fully saturated rings. The molecule has 0 radical (unpaired) electrons. The van der Waals surface area contributed by atoms with Crippen LogP contribution in [0.3, 0.4) is 0 Å². The molecule has 0 aromatic heterocycles. The van der Waals surface area contributed by atoms with Crippen LogP contribution in [0.15, 0.2) is 18.2 Å². The molecule has 1 aromatic carbocycles. The van der Waals surface area contributed by atoms with Crippen molar-refractivity contribution in [2.24, 2.45) is 0 Å². The van der Waals surface area contributed by atoms with E-state index in [1.165, 1.54) is 13.2 Å². The smallest absolute Gasteiger partial charge is 0.305 e. The Labute approximate surface area is 94.5 Å². The summed E-state index contributed by atoms with van der Waals surface area (Å²) in [7, 11) is 1.37. The molecule has 0 bridgehead atoms. The molecule has 1 aromatic rings. The third-order valence-corrected chi connectivity index (χ3v) is 2.29. The quantitative estimate of drug-likeness (QED) is 0.457. The van der Waals surface area contributed by atoms with Crippen molar-refractivity contribution in [3.63, 3.8) is 0 Å². The van der Waals surface area contributed by atoms with Gasteiger partial charge in [0.1, 0.15) is 11.5 Å². The van der Waals surface area contributed by atoms with Crippen molar-refractivity contribution < 1.29 is 19.7 Å². The lowest BCUT2D eigenvalue weighted by Crippen LogP contribution is -1.99. The topological polar surface area (TPSA) is 66.8 Å². The number of aryl methyl sites for hydroxylation is 1. The molecule has 0 aliphatic heterocycles. The van der Waals surface area contributed by atoms with Crippen molar-refractivity contribution in [3.05, 3.63) is 23.8 Å². The van der Waals surface area contributed by atoms with Gasteiger partial charge >= 0.3 is 5.97 Å². The number of methoxy groups -OCH3 is 1. The van der Waals surface area contributed by atoms with Crippen molar-refractivity contribution in [1.29, 1.82) is 0 Å². The van der Waals surface area contributed by atoms with E-state index in [4.69, 9.17) is 0 Å². The number of carbonyl (C=O) groups is 1. The zero-order valence-electron chi connectivity index (χ0n) is 9.27. The lowest BCUT2D eigenvalue weighted by Gasteiger charge is -2.03. The number of hydrogen-bond donors (Lipinski definition) is 2. The van der Waals surface area contributed by atoms with Crippen LogP contribution in [0.25, 0.3) is 0 Å². The molecule has 0 atom stereocenters. The van der Waals surface area contributed by atoms with Crippen LogP contribution in [0.5, 0.6) is 11.5 Å². The monoisotopic (exact) mass is 225 g/mol. The highest BCUT2D eigenvalue weighted by Gasteiger charge is 2.02. The highest BCUT2D eigenvalue weighted by Crippen LogP contribution is 2.21. The molecule has 88 valence electrons. The van der Waals surface area contributed by atoms with Crippen LogP contribution in [0.4, 0.5) is 0 Å². The predicted molar refractivity (Wildman–Crippen MR) is 59.3 cm³/mol. The largest absolute Gasteiger partial charge is 0.508 e. The molecular formula is C12H16O4. The molecular weight excluding hydrogens is 209 g/mol. The Morgan fingerprint density at radius 1 is 1.19 bits per heavy atom. The fraction of sp³-hybridized carbons (Fsp3) is 0.417. The van der Waals surface area contributed by atoms with Gasteiger partial charge in [0.15, 0.2) is 0 Å². The molecule has 16 heavy (non-hydrogen) atoms. The molecule has 0 saturated heterocycles. The summed E-state index contributed by atoms with van der Waals surface area (Å²) in [6.07, 6.45) is 2.68. The summed E-state index contributed by atoms with van der Waals surface area (Å²) in [5.74, 6) is -0.0929. The van der Waals surface area contributed by atoms with Crippen LogP contribution >= 0.6 is 0 Å². The average molecular weight is 225 g/mol. The van der Waals surface area contributed by atoms with Gasteiger partial charge in [-0.25, -0.2) is 0 Å². The standard InChI is InChI=1S/C12H16O4/c1-16-12(15)5-3-2-4-9-6-10(13)8-11(14)7-9/h6-8,13-14H,2-5H2,1H3/i1+1. The lowest BCUT2D eigenvalue weighted by molar-refractivity contribution is -0.140. The van der Waals surface area contributed by atoms with Crippen LogP contribution in [-0.2, 0) is 16.0 Å². The predicted octanol–water partition coefficient (Wildman–Crippen LogP) is 1.98. The first-order valence-corrected chi connectivity index (χ1v) is 5.20. The summed E-state index contributed by atoms with van der Waals surface area (Å²) in [4.78, 5) is 10.8. The van der Waals surface area contributed by atoms with Crippen molar-refractivity contribution in [1.82, 2.24) is 0 Å². The highest BCUT2D eigenvalue weighted by atomic mass is 16.6. The molecule has 0 spiro atoms. The number of phenols is 2. The van der Waals surface area contributed by atoms with Gasteiger partial charge < -0.3 is 14.9 Å². The van der Waals surface area contributed by atoms with E-state index >= 15 is 0 Å². The Morgan fingerprint density at radius 3 is 2.38 bits per heavy atom. The number of aromatic hydroxyl groups is 2. The first-order valence-electron chi connectivity index (χ1n) is 5.20. The molecule has 1 rings (SSSR count). The van der Waals surface area contributed by atoms with Gasteiger partial charge in [0.25, 0.3) is 0 Å². The van der Waals surface area contributed by atoms with Crippen LogP contribution in [0.1, 0.15) is 24.8 Å². The van der Waals surface area contributed by atoms with Crippen LogP contribution in [0, 0.1) is 0 Å². The van der Waals surface area contributed by atoms with Crippen LogP contribution < -0.4 is 0 Å². The fourth-order valence-electron chi connectivity index (χ4n) is 1.50. The van der Waals surface area contributed by atoms with E-state index in [1.807, 2.05) is 0 Å². The highest BCUT2D eigenvalue weighted by molar-refractivity contribution is 5.68. The molecule has 0 unspecified atom stereocenters. The molecule has 2 N–H and O–H groups in total. The second-order valence-corrected chi connectivity index (χ2v) is 3.64. The summed E-state index contributed by atoms with van der Waals surface area (Å²) in [6.45, 7) is 0. The van der Waals surface area contributed by atoms with E-state index < -0.39 is 0 Å². The summed E-state index contributed by atoms with van der Waals surface area (Å²) >= 11 is 0. The second-order valence-electron chi connectivity index (χ2n) is 3.64. The maximum absolute atomic E-state index is 10.8. The van der Waals surface area contributed by atoms with Gasteiger partial charge in [-0.2, -0.15) is 0 Å². The molecule has 0 heterocycles. The maximum atomic E-state index is 10.8. The van der Waals surface area contributed by atoms with Gasteiger partial charge in [-0.15, -0.1) is 0 Å². The fourth-order valence-corrected chi connectivity index (χ4v) is 1.50. The zero-order chi connectivity index (χ0) is 12.0. The first kappa shape index (κ1) is 12.4. The first-order chi connectivity index (χ1) is 7.61. The van der Waals surface area contributed by atoms with E-state index in [0.717, 1.165) is 24.8 Å². The van der Waals surface area contributed by atoms with Crippen molar-refractivity contribution >= 4 is 5.97 Å². The van der Waals surface area contributed by atoms with Gasteiger partial charge in [-0.1, -0.05) is 0 Å². The summed E-state index contributed by atoms with van der Waals surface area (Å²) in [6, 6.07) is 4.51. The maximum Gasteiger partial charge on any atom is 0.305 e. The van der Waals surface area contributed by atoms with Gasteiger partial charge in [-0.05, 0) is 37.0 Å². The number of rotatable bonds is 5. The summed E-state index contributed by atoms with van der Waals surface area (Å²) in [5, 5.41) is 18.5. The molecule has 0 aliphatic carbocycles. The minimum atomic E-state index is -0.209. The minimum Gasteiger partial charge on any atom is -0.508 e. The number of phenolic OH excluding ortho intramolecular Hbond substituents is 2. The Balaban J connectivity index is 2.34. The molecule has 0 saturated carbocycles. The molecule has 0 aliphatic rings. The Hall–Kier alpha value is -1.71.